The molecule has 3 rings (SSSR count). The number of rotatable bonds is 8. The Hall–Kier alpha value is -2.66. The van der Waals surface area contributed by atoms with Crippen LogP contribution in [0.5, 0.6) is 0 Å². The van der Waals surface area contributed by atoms with Crippen LogP contribution in [0.2, 0.25) is 0 Å². The number of nitrogens with two attached hydrogens (primary N) is 1. The van der Waals surface area contributed by atoms with Gasteiger partial charge in [-0.25, -0.2) is 14.9 Å². The van der Waals surface area contributed by atoms with Gasteiger partial charge in [-0.05, 0) is 18.9 Å². The third-order valence-electron chi connectivity index (χ3n) is 4.88. The van der Waals surface area contributed by atoms with Crippen molar-refractivity contribution in [2.45, 2.75) is 25.8 Å². The molecule has 3 N–H and O–H groups in total. The second-order valence-corrected chi connectivity index (χ2v) is 8.09. The molecule has 2 aromatic rings. The molecule has 1 aromatic carbocycles. The van der Waals surface area contributed by atoms with Gasteiger partial charge in [0.05, 0.1) is 30.7 Å². The van der Waals surface area contributed by atoms with E-state index in [1.807, 2.05) is 30.3 Å². The minimum atomic E-state index is -0.884. The number of thiazole rings is 1. The number of hydrazine groups is 1. The second-order valence-electron chi connectivity index (χ2n) is 7.37. The second kappa shape index (κ2) is 11.1. The molecule has 0 bridgehead atoms. The number of carbonyl (C=O) groups is 3. The van der Waals surface area contributed by atoms with Gasteiger partial charge in [0, 0.05) is 24.9 Å². The number of amides is 3. The summed E-state index contributed by atoms with van der Waals surface area (Å²) >= 11 is 1.27. The Bertz CT molecular complexity index is 869. The highest BCUT2D eigenvalue weighted by molar-refractivity contribution is 7.08. The van der Waals surface area contributed by atoms with Crippen molar-refractivity contribution < 1.29 is 19.1 Å². The fourth-order valence-electron chi connectivity index (χ4n) is 3.30. The topological polar surface area (TPSA) is 118 Å². The third-order valence-corrected chi connectivity index (χ3v) is 5.45. The number of benzene rings is 1. The molecule has 1 unspecified atom stereocenters. The first-order valence-corrected chi connectivity index (χ1v) is 11.1. The molecule has 3 amide bonds. The summed E-state index contributed by atoms with van der Waals surface area (Å²) in [5.41, 5.74) is 11.1. The number of aromatic nitrogens is 1. The zero-order chi connectivity index (χ0) is 22.2. The van der Waals surface area contributed by atoms with Crippen LogP contribution >= 0.6 is 11.3 Å². The molecule has 1 aromatic heterocycles. The standard InChI is InChI=1S/C21H27N5O4S/c1-15(22)20(28)26(18-13-31-14-23-18)21(29)17(11-16-5-3-2-4-6-16)12-19(27)24-25-7-9-30-10-8-25/h2-6,13-15,17H,7-12,22H2,1H3,(H,24,27)/t15-,17?/m1/s1. The summed E-state index contributed by atoms with van der Waals surface area (Å²) in [5.74, 6) is -1.86. The van der Waals surface area contributed by atoms with Crippen molar-refractivity contribution >= 4 is 34.9 Å². The van der Waals surface area contributed by atoms with Gasteiger partial charge in [-0.15, -0.1) is 11.3 Å². The van der Waals surface area contributed by atoms with E-state index in [1.165, 1.54) is 18.3 Å². The first-order chi connectivity index (χ1) is 15.0. The van der Waals surface area contributed by atoms with Gasteiger partial charge in [0.25, 0.3) is 5.91 Å². The van der Waals surface area contributed by atoms with Crippen molar-refractivity contribution in [1.82, 2.24) is 15.4 Å². The average molecular weight is 446 g/mol. The van der Waals surface area contributed by atoms with Crippen molar-refractivity contribution in [3.05, 3.63) is 46.8 Å². The highest BCUT2D eigenvalue weighted by Crippen LogP contribution is 2.22. The number of ether oxygens (including phenoxy) is 1. The predicted octanol–water partition coefficient (Wildman–Crippen LogP) is 0.962. The molecule has 1 aliphatic rings. The van der Waals surface area contributed by atoms with Crippen molar-refractivity contribution in [2.24, 2.45) is 11.7 Å². The van der Waals surface area contributed by atoms with Crippen LogP contribution in [0.15, 0.2) is 41.2 Å². The zero-order valence-electron chi connectivity index (χ0n) is 17.4. The molecule has 1 saturated heterocycles. The predicted molar refractivity (Wildman–Crippen MR) is 117 cm³/mol. The minimum absolute atomic E-state index is 0.0715. The number of carbonyl (C=O) groups excluding carboxylic acids is 3. The quantitative estimate of drug-likeness (QED) is 0.621. The largest absolute Gasteiger partial charge is 0.379 e. The first kappa shape index (κ1) is 23.0. The first-order valence-electron chi connectivity index (χ1n) is 10.1. The van der Waals surface area contributed by atoms with Gasteiger partial charge in [-0.2, -0.15) is 0 Å². The van der Waals surface area contributed by atoms with Gasteiger partial charge >= 0.3 is 0 Å². The normalized spacial score (nSPS) is 16.3. The SMILES string of the molecule is C[C@@H](N)C(=O)N(C(=O)C(CC(=O)NN1CCOCC1)Cc1ccccc1)c1cscn1. The smallest absolute Gasteiger partial charge is 0.251 e. The molecule has 0 spiro atoms. The average Bonchev–Trinajstić information content (AvgIpc) is 3.29. The Morgan fingerprint density at radius 2 is 1.94 bits per heavy atom. The number of hydrogen-bond donors (Lipinski definition) is 2. The number of hydrogen-bond acceptors (Lipinski definition) is 8. The van der Waals surface area contributed by atoms with E-state index in [0.29, 0.717) is 32.7 Å². The van der Waals surface area contributed by atoms with E-state index in [0.717, 1.165) is 10.5 Å². The van der Waals surface area contributed by atoms with Gasteiger partial charge in [-0.3, -0.25) is 19.8 Å². The molecule has 2 atom stereocenters. The lowest BCUT2D eigenvalue weighted by atomic mass is 9.94. The van der Waals surface area contributed by atoms with E-state index in [1.54, 1.807) is 15.9 Å². The van der Waals surface area contributed by atoms with Gasteiger partial charge in [0.1, 0.15) is 0 Å². The molecule has 1 aliphatic heterocycles. The fourth-order valence-corrected chi connectivity index (χ4v) is 3.82. The number of morpholine rings is 1. The van der Waals surface area contributed by atoms with Crippen LogP contribution in [0.25, 0.3) is 0 Å². The van der Waals surface area contributed by atoms with Crippen molar-refractivity contribution in [3.8, 4) is 0 Å². The number of imide groups is 1. The molecule has 1 fully saturated rings. The monoisotopic (exact) mass is 445 g/mol. The molecule has 10 heteroatoms. The molecule has 166 valence electrons. The van der Waals surface area contributed by atoms with Crippen LogP contribution in [-0.4, -0.2) is 60.1 Å². The molecular formula is C21H27N5O4S. The van der Waals surface area contributed by atoms with E-state index >= 15 is 0 Å². The Labute approximate surface area is 185 Å². The van der Waals surface area contributed by atoms with E-state index in [2.05, 4.69) is 10.4 Å². The van der Waals surface area contributed by atoms with Gasteiger partial charge < -0.3 is 10.5 Å². The van der Waals surface area contributed by atoms with E-state index in [-0.39, 0.29) is 18.1 Å². The Balaban J connectivity index is 1.81. The van der Waals surface area contributed by atoms with Crippen molar-refractivity contribution in [2.75, 3.05) is 31.2 Å². The summed E-state index contributed by atoms with van der Waals surface area (Å²) in [7, 11) is 0. The van der Waals surface area contributed by atoms with Crippen LogP contribution in [-0.2, 0) is 25.5 Å². The van der Waals surface area contributed by atoms with Crippen LogP contribution in [0.1, 0.15) is 18.9 Å². The Morgan fingerprint density at radius 1 is 1.23 bits per heavy atom. The molecule has 0 radical (unpaired) electrons. The van der Waals surface area contributed by atoms with Crippen LogP contribution in [0.4, 0.5) is 5.82 Å². The highest BCUT2D eigenvalue weighted by atomic mass is 32.1. The lowest BCUT2D eigenvalue weighted by Crippen LogP contribution is -2.51. The molecule has 2 heterocycles. The molecule has 0 aliphatic carbocycles. The van der Waals surface area contributed by atoms with Crippen LogP contribution < -0.4 is 16.1 Å². The molecule has 31 heavy (non-hydrogen) atoms. The molecule has 0 saturated carbocycles. The summed E-state index contributed by atoms with van der Waals surface area (Å²) < 4.78 is 5.29. The summed E-state index contributed by atoms with van der Waals surface area (Å²) in [4.78, 5) is 44.2. The fraction of sp³-hybridized carbons (Fsp3) is 0.429. The lowest BCUT2D eigenvalue weighted by molar-refractivity contribution is -0.135. The molecule has 9 nitrogen and oxygen atoms in total. The van der Waals surface area contributed by atoms with Gasteiger partial charge in [0.2, 0.25) is 11.8 Å². The van der Waals surface area contributed by atoms with Gasteiger partial charge in [-0.1, -0.05) is 30.3 Å². The maximum absolute atomic E-state index is 13.5. The van der Waals surface area contributed by atoms with Crippen molar-refractivity contribution in [3.63, 3.8) is 0 Å². The number of nitrogens with zero attached hydrogens (tertiary/aromatic N) is 3. The Kier molecular flexibility index (Phi) is 8.24. The van der Waals surface area contributed by atoms with Crippen LogP contribution in [0, 0.1) is 5.92 Å². The maximum atomic E-state index is 13.5. The summed E-state index contributed by atoms with van der Waals surface area (Å²) in [6.07, 6.45) is 0.237. The van der Waals surface area contributed by atoms with E-state index < -0.39 is 23.8 Å². The molecular weight excluding hydrogens is 418 g/mol. The minimum Gasteiger partial charge on any atom is -0.379 e. The maximum Gasteiger partial charge on any atom is 0.251 e. The summed E-state index contributed by atoms with van der Waals surface area (Å²) in [6, 6.07) is 8.52. The number of nitrogens with one attached hydrogen (secondary N) is 1. The van der Waals surface area contributed by atoms with Gasteiger partial charge in [0.15, 0.2) is 5.82 Å². The Morgan fingerprint density at radius 3 is 2.55 bits per heavy atom. The van der Waals surface area contributed by atoms with Crippen molar-refractivity contribution in [1.29, 1.82) is 0 Å². The van der Waals surface area contributed by atoms with E-state index in [9.17, 15) is 14.4 Å². The summed E-state index contributed by atoms with van der Waals surface area (Å²) in [5, 5.41) is 3.40. The van der Waals surface area contributed by atoms with Crippen LogP contribution in [0.3, 0.4) is 0 Å². The van der Waals surface area contributed by atoms with E-state index in [4.69, 9.17) is 10.5 Å². The third kappa shape index (κ3) is 6.41. The highest BCUT2D eigenvalue weighted by Gasteiger charge is 2.34. The number of anilines is 1. The summed E-state index contributed by atoms with van der Waals surface area (Å²) in [6.45, 7) is 3.75. The zero-order valence-corrected chi connectivity index (χ0v) is 18.2. The lowest BCUT2D eigenvalue weighted by Gasteiger charge is -2.29.